The molecule has 19 heavy (non-hydrogen) atoms. The Balaban J connectivity index is 2.95. The summed E-state index contributed by atoms with van der Waals surface area (Å²) in [6.45, 7) is 11.3. The van der Waals surface area contributed by atoms with Crippen molar-refractivity contribution in [3.63, 3.8) is 0 Å². The third-order valence-corrected chi connectivity index (χ3v) is 2.28. The topological polar surface area (TPSA) is 49.0 Å². The molecule has 0 rings (SSSR count). The molecular weight excluding hydrogens is 266 g/mol. The van der Waals surface area contributed by atoms with Gasteiger partial charge in [-0.25, -0.2) is 0 Å². The third-order valence-electron chi connectivity index (χ3n) is 2.13. The van der Waals surface area contributed by atoms with Crippen LogP contribution in [0.4, 0.5) is 0 Å². The van der Waals surface area contributed by atoms with Gasteiger partial charge in [-0.3, -0.25) is 0 Å². The van der Waals surface area contributed by atoms with Crippen LogP contribution in [0.25, 0.3) is 0 Å². The summed E-state index contributed by atoms with van der Waals surface area (Å²) in [7, 11) is 0. The van der Waals surface area contributed by atoms with Crippen LogP contribution in [0.2, 0.25) is 0 Å². The quantitative estimate of drug-likeness (QED) is 0.288. The maximum atomic E-state index is 5.40. The van der Waals surface area contributed by atoms with Gasteiger partial charge in [0, 0.05) is 12.6 Å². The monoisotopic (exact) mass is 295 g/mol. The average Bonchev–Trinajstić information content (AvgIpc) is 2.34. The van der Waals surface area contributed by atoms with Crippen LogP contribution in [0.5, 0.6) is 0 Å². The number of ether oxygens (including phenoxy) is 4. The minimum Gasteiger partial charge on any atom is -0.378 e. The lowest BCUT2D eigenvalue weighted by molar-refractivity contribution is -0.00300. The average molecular weight is 295 g/mol. The Morgan fingerprint density at radius 2 is 1.26 bits per heavy atom. The van der Waals surface area contributed by atoms with E-state index in [2.05, 4.69) is 31.8 Å². The first kappa shape index (κ1) is 19.1. The van der Waals surface area contributed by atoms with Gasteiger partial charge in [0.1, 0.15) is 0 Å². The predicted molar refractivity (Wildman–Crippen MR) is 80.0 cm³/mol. The molecule has 116 valence electrons. The van der Waals surface area contributed by atoms with Gasteiger partial charge in [-0.1, -0.05) is 13.8 Å². The summed E-state index contributed by atoms with van der Waals surface area (Å²) in [5.41, 5.74) is -0.0396. The largest absolute Gasteiger partial charge is 0.378 e. The van der Waals surface area contributed by atoms with E-state index in [1.807, 2.05) is 6.92 Å². The zero-order valence-electron chi connectivity index (χ0n) is 12.4. The summed E-state index contributed by atoms with van der Waals surface area (Å²) in [5, 5.41) is 3.28. The number of rotatable bonds is 14. The van der Waals surface area contributed by atoms with Gasteiger partial charge in [-0.15, -0.1) is 12.6 Å². The molecule has 6 heteroatoms. The fraction of sp³-hybridized carbons (Fsp3) is 1.00. The summed E-state index contributed by atoms with van der Waals surface area (Å²) in [6, 6.07) is 0.506. The van der Waals surface area contributed by atoms with Gasteiger partial charge >= 0.3 is 0 Å². The zero-order valence-corrected chi connectivity index (χ0v) is 13.3. The summed E-state index contributed by atoms with van der Waals surface area (Å²) < 4.78 is 21.3. The molecule has 1 unspecified atom stereocenters. The highest BCUT2D eigenvalue weighted by molar-refractivity contribution is 7.80. The van der Waals surface area contributed by atoms with E-state index in [4.69, 9.17) is 18.9 Å². The van der Waals surface area contributed by atoms with Crippen LogP contribution in [0.1, 0.15) is 20.8 Å². The van der Waals surface area contributed by atoms with Crippen LogP contribution >= 0.6 is 12.6 Å². The molecule has 1 atom stereocenters. The Hall–Kier alpha value is 0.150. The molecule has 0 fully saturated rings. The van der Waals surface area contributed by atoms with Gasteiger partial charge in [0.05, 0.1) is 51.7 Å². The van der Waals surface area contributed by atoms with Crippen LogP contribution in [-0.4, -0.2) is 64.3 Å². The van der Waals surface area contributed by atoms with Crippen LogP contribution in [0.15, 0.2) is 0 Å². The summed E-state index contributed by atoms with van der Waals surface area (Å²) in [6.07, 6.45) is 0. The van der Waals surface area contributed by atoms with E-state index < -0.39 is 0 Å². The van der Waals surface area contributed by atoms with Crippen molar-refractivity contribution in [1.82, 2.24) is 5.32 Å². The van der Waals surface area contributed by atoms with E-state index in [1.165, 1.54) is 0 Å². The van der Waals surface area contributed by atoms with Crippen molar-refractivity contribution in [1.29, 1.82) is 0 Å². The molecule has 0 aromatic rings. The fourth-order valence-corrected chi connectivity index (χ4v) is 1.34. The van der Waals surface area contributed by atoms with Crippen molar-refractivity contribution < 1.29 is 18.9 Å². The third kappa shape index (κ3) is 18.1. The minimum absolute atomic E-state index is 0.0396. The Bertz CT molecular complexity index is 164. The summed E-state index contributed by atoms with van der Waals surface area (Å²) in [5.74, 6) is 0. The van der Waals surface area contributed by atoms with E-state index >= 15 is 0 Å². The number of thiol groups is 1. The molecule has 0 aromatic heterocycles. The van der Waals surface area contributed by atoms with Gasteiger partial charge in [0.15, 0.2) is 0 Å². The first-order valence-corrected chi connectivity index (χ1v) is 7.41. The van der Waals surface area contributed by atoms with Crippen LogP contribution in [0.3, 0.4) is 0 Å². The van der Waals surface area contributed by atoms with E-state index in [0.29, 0.717) is 45.7 Å². The molecule has 0 heterocycles. The van der Waals surface area contributed by atoms with Gasteiger partial charge in [0.25, 0.3) is 0 Å². The fourth-order valence-electron chi connectivity index (χ4n) is 1.24. The molecule has 0 aliphatic heterocycles. The molecule has 0 aliphatic carbocycles. The summed E-state index contributed by atoms with van der Waals surface area (Å²) in [4.78, 5) is 0. The zero-order chi connectivity index (χ0) is 14.3. The highest BCUT2D eigenvalue weighted by Gasteiger charge is 1.95. The lowest BCUT2D eigenvalue weighted by atomic mass is 10.4. The van der Waals surface area contributed by atoms with Gasteiger partial charge in [0.2, 0.25) is 0 Å². The predicted octanol–water partition coefficient (Wildman–Crippen LogP) is 1.33. The Morgan fingerprint density at radius 1 is 0.789 bits per heavy atom. The number of hydrogen-bond acceptors (Lipinski definition) is 6. The highest BCUT2D eigenvalue weighted by Crippen LogP contribution is 1.93. The Labute approximate surface area is 122 Å². The van der Waals surface area contributed by atoms with Crippen LogP contribution in [-0.2, 0) is 18.9 Å². The minimum atomic E-state index is -0.0396. The molecule has 1 N–H and O–H groups in total. The van der Waals surface area contributed by atoms with Crippen LogP contribution < -0.4 is 5.32 Å². The molecular formula is C13H29NO4S. The van der Waals surface area contributed by atoms with Gasteiger partial charge in [-0.05, 0) is 6.92 Å². The number of nitrogens with one attached hydrogen (secondary N) is 1. The lowest BCUT2D eigenvalue weighted by Crippen LogP contribution is -2.27. The van der Waals surface area contributed by atoms with Gasteiger partial charge in [-0.2, -0.15) is 0 Å². The van der Waals surface area contributed by atoms with Gasteiger partial charge < -0.3 is 24.3 Å². The highest BCUT2D eigenvalue weighted by atomic mass is 32.1. The lowest BCUT2D eigenvalue weighted by Gasteiger charge is -2.09. The maximum Gasteiger partial charge on any atom is 0.0972 e. The molecule has 5 nitrogen and oxygen atoms in total. The molecule has 0 amide bonds. The van der Waals surface area contributed by atoms with Crippen molar-refractivity contribution in [2.24, 2.45) is 0 Å². The van der Waals surface area contributed by atoms with E-state index in [9.17, 15) is 0 Å². The second-order valence-electron chi connectivity index (χ2n) is 4.42. The standard InChI is InChI=1S/C13H29NO4S/c1-12(2)14-4-5-15-6-7-16-8-9-17-10-11-18-13(3)19/h12-14,19H,4-11H2,1-3H3. The normalized spacial score (nSPS) is 13.1. The molecule has 0 saturated heterocycles. The Kier molecular flexibility index (Phi) is 14.7. The first-order chi connectivity index (χ1) is 9.13. The molecule has 0 spiro atoms. The van der Waals surface area contributed by atoms with Crippen molar-refractivity contribution >= 4 is 12.6 Å². The number of hydrogen-bond donors (Lipinski definition) is 2. The molecule has 0 aliphatic rings. The van der Waals surface area contributed by atoms with E-state index in [1.54, 1.807) is 0 Å². The second kappa shape index (κ2) is 14.6. The smallest absolute Gasteiger partial charge is 0.0972 e. The Morgan fingerprint density at radius 3 is 1.74 bits per heavy atom. The van der Waals surface area contributed by atoms with Crippen molar-refractivity contribution in [3.8, 4) is 0 Å². The van der Waals surface area contributed by atoms with E-state index in [-0.39, 0.29) is 5.44 Å². The second-order valence-corrected chi connectivity index (χ2v) is 5.14. The molecule has 0 radical (unpaired) electrons. The van der Waals surface area contributed by atoms with Crippen molar-refractivity contribution in [3.05, 3.63) is 0 Å². The molecule has 0 saturated carbocycles. The summed E-state index contributed by atoms with van der Waals surface area (Å²) >= 11 is 4.09. The van der Waals surface area contributed by atoms with E-state index in [0.717, 1.165) is 13.2 Å². The molecule has 0 bridgehead atoms. The molecule has 0 aromatic carbocycles. The van der Waals surface area contributed by atoms with Crippen LogP contribution in [0, 0.1) is 0 Å². The SMILES string of the molecule is CC(C)NCCOCCOCCOCCOC(C)S. The van der Waals surface area contributed by atoms with Crippen molar-refractivity contribution in [2.75, 3.05) is 52.8 Å². The first-order valence-electron chi connectivity index (χ1n) is 6.89. The van der Waals surface area contributed by atoms with Crippen molar-refractivity contribution in [2.45, 2.75) is 32.2 Å². The maximum absolute atomic E-state index is 5.40.